The molecule has 0 radical (unpaired) electrons. The lowest BCUT2D eigenvalue weighted by atomic mass is 10.0. The minimum atomic E-state index is -0.119. The Morgan fingerprint density at radius 3 is 2.47 bits per heavy atom. The average molecular weight is 262 g/mol. The minimum absolute atomic E-state index is 0.119. The number of hydrogen-bond donors (Lipinski definition) is 1. The Balaban J connectivity index is 2.06. The Hall–Kier alpha value is -0.820. The van der Waals surface area contributed by atoms with Crippen LogP contribution >= 0.6 is 0 Å². The second kappa shape index (κ2) is 10.0. The van der Waals surface area contributed by atoms with Gasteiger partial charge in [-0.2, -0.15) is 0 Å². The van der Waals surface area contributed by atoms with Crippen molar-refractivity contribution in [3.05, 3.63) is 35.4 Å². The molecule has 1 rings (SSSR count). The monoisotopic (exact) mass is 262 g/mol. The SMILES string of the molecule is CCCCCCCCC(O)CCc1cccc(C)c1. The summed E-state index contributed by atoms with van der Waals surface area (Å²) >= 11 is 0. The molecule has 0 saturated carbocycles. The third kappa shape index (κ3) is 8.05. The Morgan fingerprint density at radius 2 is 1.74 bits per heavy atom. The van der Waals surface area contributed by atoms with Gasteiger partial charge in [0.15, 0.2) is 0 Å². The van der Waals surface area contributed by atoms with E-state index >= 15 is 0 Å². The van der Waals surface area contributed by atoms with E-state index in [0.29, 0.717) is 0 Å². The predicted molar refractivity (Wildman–Crippen MR) is 83.5 cm³/mol. The number of rotatable bonds is 10. The van der Waals surface area contributed by atoms with Crippen LogP contribution in [0.3, 0.4) is 0 Å². The van der Waals surface area contributed by atoms with Crippen molar-refractivity contribution in [3.63, 3.8) is 0 Å². The van der Waals surface area contributed by atoms with Crippen LogP contribution in [-0.2, 0) is 6.42 Å². The largest absolute Gasteiger partial charge is 0.393 e. The summed E-state index contributed by atoms with van der Waals surface area (Å²) in [6.07, 6.45) is 10.6. The molecule has 1 aromatic rings. The predicted octanol–water partition coefficient (Wildman–Crippen LogP) is 5.04. The molecule has 0 amide bonds. The quantitative estimate of drug-likeness (QED) is 0.586. The van der Waals surface area contributed by atoms with Crippen LogP contribution < -0.4 is 0 Å². The molecule has 0 saturated heterocycles. The third-order valence-electron chi connectivity index (χ3n) is 3.74. The van der Waals surface area contributed by atoms with Gasteiger partial charge in [0.1, 0.15) is 0 Å². The summed E-state index contributed by atoms with van der Waals surface area (Å²) in [6.45, 7) is 4.37. The van der Waals surface area contributed by atoms with Gasteiger partial charge in [-0.25, -0.2) is 0 Å². The molecule has 0 aliphatic heterocycles. The van der Waals surface area contributed by atoms with E-state index in [2.05, 4.69) is 38.1 Å². The van der Waals surface area contributed by atoms with E-state index in [0.717, 1.165) is 19.3 Å². The minimum Gasteiger partial charge on any atom is -0.393 e. The molecule has 1 nitrogen and oxygen atoms in total. The van der Waals surface area contributed by atoms with Crippen LogP contribution in [0.4, 0.5) is 0 Å². The highest BCUT2D eigenvalue weighted by atomic mass is 16.3. The van der Waals surface area contributed by atoms with E-state index < -0.39 is 0 Å². The van der Waals surface area contributed by atoms with Gasteiger partial charge in [-0.1, -0.05) is 75.3 Å². The van der Waals surface area contributed by atoms with Crippen LogP contribution in [0, 0.1) is 6.92 Å². The number of unbranched alkanes of at least 4 members (excludes halogenated alkanes) is 5. The summed E-state index contributed by atoms with van der Waals surface area (Å²) in [5.74, 6) is 0. The smallest absolute Gasteiger partial charge is 0.0543 e. The van der Waals surface area contributed by atoms with Gasteiger partial charge >= 0.3 is 0 Å². The van der Waals surface area contributed by atoms with Crippen molar-refractivity contribution in [3.8, 4) is 0 Å². The summed E-state index contributed by atoms with van der Waals surface area (Å²) in [5, 5.41) is 9.98. The highest BCUT2D eigenvalue weighted by Gasteiger charge is 2.04. The summed E-state index contributed by atoms with van der Waals surface area (Å²) in [6, 6.07) is 8.60. The van der Waals surface area contributed by atoms with Gasteiger partial charge in [-0.3, -0.25) is 0 Å². The zero-order chi connectivity index (χ0) is 13.9. The van der Waals surface area contributed by atoms with E-state index in [4.69, 9.17) is 0 Å². The lowest BCUT2D eigenvalue weighted by Crippen LogP contribution is -2.07. The average Bonchev–Trinajstić information content (AvgIpc) is 2.40. The first-order valence-electron chi connectivity index (χ1n) is 7.96. The van der Waals surface area contributed by atoms with Crippen LogP contribution in [0.2, 0.25) is 0 Å². The topological polar surface area (TPSA) is 20.2 Å². The zero-order valence-corrected chi connectivity index (χ0v) is 12.7. The molecule has 1 aromatic carbocycles. The van der Waals surface area contributed by atoms with Crippen molar-refractivity contribution < 1.29 is 5.11 Å². The van der Waals surface area contributed by atoms with Crippen LogP contribution in [0.25, 0.3) is 0 Å². The molecule has 108 valence electrons. The summed E-state index contributed by atoms with van der Waals surface area (Å²) < 4.78 is 0. The highest BCUT2D eigenvalue weighted by molar-refractivity contribution is 5.22. The van der Waals surface area contributed by atoms with Gasteiger partial charge in [-0.05, 0) is 31.7 Å². The fourth-order valence-electron chi connectivity index (χ4n) is 2.51. The number of aryl methyl sites for hydroxylation is 2. The fraction of sp³-hybridized carbons (Fsp3) is 0.667. The van der Waals surface area contributed by atoms with Gasteiger partial charge < -0.3 is 5.11 Å². The summed E-state index contributed by atoms with van der Waals surface area (Å²) in [7, 11) is 0. The summed E-state index contributed by atoms with van der Waals surface area (Å²) in [5.41, 5.74) is 2.66. The maximum Gasteiger partial charge on any atom is 0.0543 e. The standard InChI is InChI=1S/C18H30O/c1-3-4-5-6-7-8-12-18(19)14-13-17-11-9-10-16(2)15-17/h9-11,15,18-19H,3-8,12-14H2,1-2H3. The van der Waals surface area contributed by atoms with E-state index in [9.17, 15) is 5.11 Å². The normalized spacial score (nSPS) is 12.6. The molecule has 0 bridgehead atoms. The molecule has 19 heavy (non-hydrogen) atoms. The van der Waals surface area contributed by atoms with E-state index in [1.165, 1.54) is 49.7 Å². The Morgan fingerprint density at radius 1 is 1.00 bits per heavy atom. The molecule has 1 N–H and O–H groups in total. The molecule has 1 heteroatoms. The maximum absolute atomic E-state index is 9.98. The first-order valence-corrected chi connectivity index (χ1v) is 7.96. The molecule has 0 aliphatic rings. The van der Waals surface area contributed by atoms with Crippen molar-refractivity contribution in [1.82, 2.24) is 0 Å². The summed E-state index contributed by atoms with van der Waals surface area (Å²) in [4.78, 5) is 0. The number of hydrogen-bond acceptors (Lipinski definition) is 1. The second-order valence-electron chi connectivity index (χ2n) is 5.74. The van der Waals surface area contributed by atoms with Crippen LogP contribution in [-0.4, -0.2) is 11.2 Å². The molecule has 0 aromatic heterocycles. The number of benzene rings is 1. The van der Waals surface area contributed by atoms with Gasteiger partial charge in [0.2, 0.25) is 0 Å². The fourth-order valence-corrected chi connectivity index (χ4v) is 2.51. The van der Waals surface area contributed by atoms with Crippen molar-refractivity contribution >= 4 is 0 Å². The van der Waals surface area contributed by atoms with E-state index in [1.54, 1.807) is 0 Å². The van der Waals surface area contributed by atoms with Gasteiger partial charge in [0.25, 0.3) is 0 Å². The Bertz CT molecular complexity index is 332. The van der Waals surface area contributed by atoms with Gasteiger partial charge in [0, 0.05) is 0 Å². The molecular weight excluding hydrogens is 232 g/mol. The lowest BCUT2D eigenvalue weighted by molar-refractivity contribution is 0.151. The first-order chi connectivity index (χ1) is 9.22. The molecule has 0 heterocycles. The van der Waals surface area contributed by atoms with E-state index in [-0.39, 0.29) is 6.10 Å². The van der Waals surface area contributed by atoms with Crippen molar-refractivity contribution in [2.75, 3.05) is 0 Å². The molecule has 1 unspecified atom stereocenters. The highest BCUT2D eigenvalue weighted by Crippen LogP contribution is 2.13. The van der Waals surface area contributed by atoms with Crippen molar-refractivity contribution in [2.45, 2.75) is 77.7 Å². The van der Waals surface area contributed by atoms with Crippen molar-refractivity contribution in [2.24, 2.45) is 0 Å². The molecular formula is C18H30O. The first kappa shape index (κ1) is 16.2. The van der Waals surface area contributed by atoms with Crippen LogP contribution in [0.1, 0.15) is 69.4 Å². The second-order valence-corrected chi connectivity index (χ2v) is 5.74. The third-order valence-corrected chi connectivity index (χ3v) is 3.74. The molecule has 0 aliphatic carbocycles. The van der Waals surface area contributed by atoms with E-state index in [1.807, 2.05) is 0 Å². The Labute approximate surface area is 119 Å². The maximum atomic E-state index is 9.98. The lowest BCUT2D eigenvalue weighted by Gasteiger charge is -2.10. The van der Waals surface area contributed by atoms with Gasteiger partial charge in [-0.15, -0.1) is 0 Å². The van der Waals surface area contributed by atoms with Crippen LogP contribution in [0.5, 0.6) is 0 Å². The Kier molecular flexibility index (Phi) is 8.57. The molecule has 1 atom stereocenters. The molecule has 0 fully saturated rings. The number of aliphatic hydroxyl groups excluding tert-OH is 1. The number of aliphatic hydroxyl groups is 1. The molecule has 0 spiro atoms. The van der Waals surface area contributed by atoms with Crippen molar-refractivity contribution in [1.29, 1.82) is 0 Å². The van der Waals surface area contributed by atoms with Crippen LogP contribution in [0.15, 0.2) is 24.3 Å². The van der Waals surface area contributed by atoms with Gasteiger partial charge in [0.05, 0.1) is 6.10 Å². The zero-order valence-electron chi connectivity index (χ0n) is 12.7.